The number of hydrogen-bond acceptors (Lipinski definition) is 4. The number of aryl methyl sites for hydroxylation is 1. The van der Waals surface area contributed by atoms with Crippen LogP contribution in [0, 0.1) is 6.92 Å². The monoisotopic (exact) mass is 280 g/mol. The lowest BCUT2D eigenvalue weighted by Gasteiger charge is -2.08. The molecule has 0 aliphatic carbocycles. The number of hydrogen-bond donors (Lipinski definition) is 0. The summed E-state index contributed by atoms with van der Waals surface area (Å²) in [6.45, 7) is 2.12. The lowest BCUT2D eigenvalue weighted by Crippen LogP contribution is -2.08. The van der Waals surface area contributed by atoms with Crippen molar-refractivity contribution in [2.75, 3.05) is 7.11 Å². The van der Waals surface area contributed by atoms with E-state index in [1.807, 2.05) is 19.1 Å². The van der Waals surface area contributed by atoms with Crippen LogP contribution >= 0.6 is 11.6 Å². The predicted octanol–water partition coefficient (Wildman–Crippen LogP) is 2.67. The van der Waals surface area contributed by atoms with Gasteiger partial charge in [0.1, 0.15) is 5.75 Å². The lowest BCUT2D eigenvalue weighted by atomic mass is 10.2. The van der Waals surface area contributed by atoms with Gasteiger partial charge in [-0.25, -0.2) is 9.48 Å². The Morgan fingerprint density at radius 1 is 1.42 bits per heavy atom. The van der Waals surface area contributed by atoms with E-state index in [0.717, 1.165) is 5.56 Å². The first-order valence-electron chi connectivity index (χ1n) is 5.61. The average Bonchev–Trinajstić information content (AvgIpc) is 2.88. The minimum absolute atomic E-state index is 0.167. The number of esters is 1. The Morgan fingerprint density at radius 3 is 2.95 bits per heavy atom. The van der Waals surface area contributed by atoms with Gasteiger partial charge >= 0.3 is 5.97 Å². The van der Waals surface area contributed by atoms with Gasteiger partial charge in [0.2, 0.25) is 0 Å². The molecule has 0 amide bonds. The van der Waals surface area contributed by atoms with Crippen molar-refractivity contribution in [2.24, 2.45) is 0 Å². The maximum absolute atomic E-state index is 11.2. The summed E-state index contributed by atoms with van der Waals surface area (Å²) in [5.41, 5.74) is 1.29. The van der Waals surface area contributed by atoms with Crippen LogP contribution < -0.4 is 4.74 Å². The van der Waals surface area contributed by atoms with Gasteiger partial charge in [-0.3, -0.25) is 0 Å². The third-order valence-electron chi connectivity index (χ3n) is 2.47. The number of halogens is 1. The number of carbonyl (C=O) groups excluding carboxylic acids is 1. The molecule has 0 spiro atoms. The minimum Gasteiger partial charge on any atom is -0.470 e. The molecule has 0 saturated carbocycles. The van der Waals surface area contributed by atoms with Crippen molar-refractivity contribution in [1.29, 1.82) is 0 Å². The van der Waals surface area contributed by atoms with Crippen LogP contribution in [0.25, 0.3) is 0 Å². The highest BCUT2D eigenvalue weighted by atomic mass is 35.5. The van der Waals surface area contributed by atoms with E-state index >= 15 is 0 Å². The molecule has 0 saturated heterocycles. The fourth-order valence-corrected chi connectivity index (χ4v) is 1.68. The van der Waals surface area contributed by atoms with Gasteiger partial charge in [0.15, 0.2) is 12.4 Å². The molecule has 0 bridgehead atoms. The molecule has 1 aromatic heterocycles. The summed E-state index contributed by atoms with van der Waals surface area (Å²) in [6.07, 6.45) is 1.63. The van der Waals surface area contributed by atoms with Crippen molar-refractivity contribution < 1.29 is 14.3 Å². The van der Waals surface area contributed by atoms with Crippen LogP contribution in [0.1, 0.15) is 16.1 Å². The van der Waals surface area contributed by atoms with Crippen LogP contribution in [0.3, 0.4) is 0 Å². The second-order valence-corrected chi connectivity index (χ2v) is 4.35. The van der Waals surface area contributed by atoms with Crippen molar-refractivity contribution in [1.82, 2.24) is 9.78 Å². The fourth-order valence-electron chi connectivity index (χ4n) is 1.50. The molecule has 2 aromatic rings. The topological polar surface area (TPSA) is 53.4 Å². The highest BCUT2D eigenvalue weighted by molar-refractivity contribution is 6.32. The number of rotatable bonds is 4. The molecule has 1 heterocycles. The number of methoxy groups -OCH3 is 1. The number of nitrogens with zero attached hydrogens (tertiary/aromatic N) is 2. The zero-order valence-corrected chi connectivity index (χ0v) is 11.3. The summed E-state index contributed by atoms with van der Waals surface area (Å²) < 4.78 is 11.6. The first-order valence-corrected chi connectivity index (χ1v) is 5.98. The molecule has 100 valence electrons. The van der Waals surface area contributed by atoms with E-state index in [4.69, 9.17) is 16.3 Å². The maximum atomic E-state index is 11.2. The van der Waals surface area contributed by atoms with Gasteiger partial charge in [0, 0.05) is 6.20 Å². The number of aromatic nitrogens is 2. The summed E-state index contributed by atoms with van der Waals surface area (Å²) in [6, 6.07) is 7.08. The third kappa shape index (κ3) is 3.26. The van der Waals surface area contributed by atoms with E-state index in [1.54, 1.807) is 18.3 Å². The molecule has 5 nitrogen and oxygen atoms in total. The summed E-state index contributed by atoms with van der Waals surface area (Å²) in [5, 5.41) is 4.56. The summed E-state index contributed by atoms with van der Waals surface area (Å²) in [4.78, 5) is 11.2. The first kappa shape index (κ1) is 13.4. The van der Waals surface area contributed by atoms with Crippen LogP contribution in [0.2, 0.25) is 5.02 Å². The van der Waals surface area contributed by atoms with E-state index < -0.39 is 5.97 Å². The molecule has 0 radical (unpaired) electrons. The van der Waals surface area contributed by atoms with E-state index in [-0.39, 0.29) is 12.4 Å². The van der Waals surface area contributed by atoms with Gasteiger partial charge in [-0.15, -0.1) is 0 Å². The predicted molar refractivity (Wildman–Crippen MR) is 70.4 cm³/mol. The summed E-state index contributed by atoms with van der Waals surface area (Å²) >= 11 is 6.01. The van der Waals surface area contributed by atoms with Gasteiger partial charge in [0.05, 0.1) is 12.1 Å². The smallest absolute Gasteiger partial charge is 0.358 e. The summed E-state index contributed by atoms with van der Waals surface area (Å²) in [5.74, 6) is 0.101. The van der Waals surface area contributed by atoms with Gasteiger partial charge in [0.25, 0.3) is 0 Å². The van der Waals surface area contributed by atoms with E-state index in [1.165, 1.54) is 11.8 Å². The third-order valence-corrected chi connectivity index (χ3v) is 2.79. The summed E-state index contributed by atoms with van der Waals surface area (Å²) in [7, 11) is 1.31. The molecule has 0 fully saturated rings. The number of carbonyl (C=O) groups is 1. The minimum atomic E-state index is -0.479. The zero-order valence-electron chi connectivity index (χ0n) is 10.6. The first-order chi connectivity index (χ1) is 9.10. The Bertz CT molecular complexity index is 595. The second-order valence-electron chi connectivity index (χ2n) is 3.94. The fraction of sp³-hybridized carbons (Fsp3) is 0.231. The standard InChI is InChI=1S/C13H13ClN2O3/c1-9-3-4-10(14)12(7-9)19-8-16-6-5-11(15-16)13(17)18-2/h3-7H,8H2,1-2H3. The molecule has 0 unspecified atom stereocenters. The lowest BCUT2D eigenvalue weighted by molar-refractivity contribution is 0.0592. The van der Waals surface area contributed by atoms with Crippen molar-refractivity contribution in [3.8, 4) is 5.75 Å². The number of ether oxygens (including phenoxy) is 2. The van der Waals surface area contributed by atoms with Gasteiger partial charge < -0.3 is 9.47 Å². The van der Waals surface area contributed by atoms with Crippen molar-refractivity contribution in [3.63, 3.8) is 0 Å². The molecule has 0 aliphatic heterocycles. The highest BCUT2D eigenvalue weighted by Crippen LogP contribution is 2.25. The molecule has 1 aromatic carbocycles. The van der Waals surface area contributed by atoms with Crippen LogP contribution in [0.5, 0.6) is 5.75 Å². The molecule has 0 aliphatic rings. The Hall–Kier alpha value is -2.01. The van der Waals surface area contributed by atoms with Crippen LogP contribution in [-0.4, -0.2) is 22.9 Å². The second kappa shape index (κ2) is 5.75. The zero-order chi connectivity index (χ0) is 13.8. The van der Waals surface area contributed by atoms with Crippen molar-refractivity contribution >= 4 is 17.6 Å². The Balaban J connectivity index is 2.04. The molecule has 6 heteroatoms. The molecule has 0 N–H and O–H groups in total. The number of benzene rings is 1. The van der Waals surface area contributed by atoms with E-state index in [2.05, 4.69) is 9.84 Å². The Kier molecular flexibility index (Phi) is 4.06. The molecule has 19 heavy (non-hydrogen) atoms. The Morgan fingerprint density at radius 2 is 2.21 bits per heavy atom. The van der Waals surface area contributed by atoms with Crippen LogP contribution in [-0.2, 0) is 11.5 Å². The molecule has 0 atom stereocenters. The van der Waals surface area contributed by atoms with Crippen molar-refractivity contribution in [2.45, 2.75) is 13.7 Å². The quantitative estimate of drug-likeness (QED) is 0.808. The molecule has 2 rings (SSSR count). The maximum Gasteiger partial charge on any atom is 0.358 e. The average molecular weight is 281 g/mol. The molecular weight excluding hydrogens is 268 g/mol. The molecular formula is C13H13ClN2O3. The van der Waals surface area contributed by atoms with E-state index in [9.17, 15) is 4.79 Å². The SMILES string of the molecule is COC(=O)c1ccn(COc2cc(C)ccc2Cl)n1. The van der Waals surface area contributed by atoms with Crippen LogP contribution in [0.15, 0.2) is 30.5 Å². The van der Waals surface area contributed by atoms with Gasteiger partial charge in [-0.1, -0.05) is 17.7 Å². The largest absolute Gasteiger partial charge is 0.470 e. The van der Waals surface area contributed by atoms with Gasteiger partial charge in [-0.05, 0) is 30.7 Å². The highest BCUT2D eigenvalue weighted by Gasteiger charge is 2.09. The Labute approximate surface area is 115 Å². The van der Waals surface area contributed by atoms with Crippen molar-refractivity contribution in [3.05, 3.63) is 46.7 Å². The van der Waals surface area contributed by atoms with Crippen LogP contribution in [0.4, 0.5) is 0 Å². The van der Waals surface area contributed by atoms with Gasteiger partial charge in [-0.2, -0.15) is 5.10 Å². The normalized spacial score (nSPS) is 10.3. The van der Waals surface area contributed by atoms with E-state index in [0.29, 0.717) is 10.8 Å².